The second-order valence-corrected chi connectivity index (χ2v) is 7.22. The lowest BCUT2D eigenvalue weighted by atomic mass is 9.94. The molecule has 0 fully saturated rings. The molecule has 0 bridgehead atoms. The highest BCUT2D eigenvalue weighted by molar-refractivity contribution is 9.10. The Kier molecular flexibility index (Phi) is 4.50. The van der Waals surface area contributed by atoms with Crippen LogP contribution in [0.3, 0.4) is 0 Å². The minimum atomic E-state index is -0.0654. The van der Waals surface area contributed by atoms with Gasteiger partial charge in [-0.05, 0) is 65.9 Å². The fourth-order valence-corrected chi connectivity index (χ4v) is 3.32. The van der Waals surface area contributed by atoms with Crippen molar-refractivity contribution in [1.29, 1.82) is 0 Å². The molecule has 0 aliphatic carbocycles. The Bertz CT molecular complexity index is 853. The van der Waals surface area contributed by atoms with Gasteiger partial charge in [-0.1, -0.05) is 29.8 Å². The smallest absolute Gasteiger partial charge is 0.256 e. The first-order valence-corrected chi connectivity index (χ1v) is 8.71. The number of hydrogen-bond donors (Lipinski definition) is 1. The van der Waals surface area contributed by atoms with Crippen LogP contribution in [0.2, 0.25) is 0 Å². The summed E-state index contributed by atoms with van der Waals surface area (Å²) in [6.07, 6.45) is 1.97. The number of hydrogen-bond acceptors (Lipinski definition) is 2. The number of carbonyl (C=O) groups is 1. The van der Waals surface area contributed by atoms with E-state index in [0.717, 1.165) is 38.2 Å². The first-order valence-electron chi connectivity index (χ1n) is 7.92. The number of ether oxygens (including phenoxy) is 1. The zero-order valence-corrected chi connectivity index (χ0v) is 15.8. The summed E-state index contributed by atoms with van der Waals surface area (Å²) in [5.41, 5.74) is 5.73. The van der Waals surface area contributed by atoms with Gasteiger partial charge < -0.3 is 10.1 Å². The van der Waals surface area contributed by atoms with Gasteiger partial charge in [0.05, 0.1) is 7.11 Å². The molecule has 1 aliphatic rings. The number of methoxy groups -OCH3 is 1. The average molecular weight is 386 g/mol. The van der Waals surface area contributed by atoms with Crippen LogP contribution in [-0.2, 0) is 4.79 Å². The van der Waals surface area contributed by atoms with Crippen LogP contribution in [-0.4, -0.2) is 13.0 Å². The van der Waals surface area contributed by atoms with Gasteiger partial charge in [0, 0.05) is 21.3 Å². The summed E-state index contributed by atoms with van der Waals surface area (Å²) < 4.78 is 6.46. The summed E-state index contributed by atoms with van der Waals surface area (Å²) >= 11 is 3.48. The Labute approximate surface area is 150 Å². The molecular formula is C20H20BrNO2. The summed E-state index contributed by atoms with van der Waals surface area (Å²) in [7, 11) is 1.69. The van der Waals surface area contributed by atoms with E-state index < -0.39 is 0 Å². The number of nitrogens with one attached hydrogen (secondary N) is 1. The van der Waals surface area contributed by atoms with Crippen LogP contribution in [0, 0.1) is 6.92 Å². The van der Waals surface area contributed by atoms with Gasteiger partial charge in [0.1, 0.15) is 5.75 Å². The van der Waals surface area contributed by atoms with Crippen molar-refractivity contribution in [3.05, 3.63) is 57.1 Å². The molecule has 4 heteroatoms. The fraction of sp³-hybridized carbons (Fsp3) is 0.250. The number of amides is 1. The Balaban J connectivity index is 2.14. The maximum atomic E-state index is 12.4. The second kappa shape index (κ2) is 6.44. The number of anilines is 1. The normalized spacial score (nSPS) is 14.9. The van der Waals surface area contributed by atoms with Crippen molar-refractivity contribution >= 4 is 39.2 Å². The summed E-state index contributed by atoms with van der Waals surface area (Å²) in [6, 6.07) is 9.98. The van der Waals surface area contributed by atoms with Gasteiger partial charge in [0.2, 0.25) is 0 Å². The topological polar surface area (TPSA) is 38.3 Å². The van der Waals surface area contributed by atoms with Crippen LogP contribution in [0.15, 0.2) is 34.8 Å². The van der Waals surface area contributed by atoms with Gasteiger partial charge in [-0.3, -0.25) is 4.79 Å². The maximum absolute atomic E-state index is 12.4. The maximum Gasteiger partial charge on any atom is 0.256 e. The molecule has 0 atom stereocenters. The summed E-state index contributed by atoms with van der Waals surface area (Å²) in [4.78, 5) is 12.4. The highest BCUT2D eigenvalue weighted by Gasteiger charge is 2.24. The molecular weight excluding hydrogens is 366 g/mol. The molecule has 124 valence electrons. The lowest BCUT2D eigenvalue weighted by Crippen LogP contribution is -2.04. The molecule has 0 saturated carbocycles. The Morgan fingerprint density at radius 2 is 1.96 bits per heavy atom. The molecule has 0 unspecified atom stereocenters. The van der Waals surface area contributed by atoms with Crippen molar-refractivity contribution in [3.8, 4) is 5.75 Å². The van der Waals surface area contributed by atoms with Gasteiger partial charge in [-0.2, -0.15) is 0 Å². The van der Waals surface area contributed by atoms with E-state index in [-0.39, 0.29) is 5.91 Å². The van der Waals surface area contributed by atoms with E-state index in [0.29, 0.717) is 11.5 Å². The fourth-order valence-electron chi connectivity index (χ4n) is 2.96. The quantitative estimate of drug-likeness (QED) is 0.719. The molecule has 1 N–H and O–H groups in total. The van der Waals surface area contributed by atoms with E-state index in [2.05, 4.69) is 41.2 Å². The van der Waals surface area contributed by atoms with Crippen LogP contribution < -0.4 is 10.1 Å². The molecule has 1 amide bonds. The molecule has 3 nitrogen and oxygen atoms in total. The average Bonchev–Trinajstić information content (AvgIpc) is 2.84. The molecule has 0 spiro atoms. The SMILES string of the molecule is COc1cc(C)c(/C=C2/C(=O)Nc3ccc(Br)cc32)cc1C(C)C. The van der Waals surface area contributed by atoms with Crippen LogP contribution >= 0.6 is 15.9 Å². The molecule has 2 aromatic carbocycles. The molecule has 0 radical (unpaired) electrons. The standard InChI is InChI=1S/C20H20BrNO2/c1-11(2)15-8-13(12(3)7-19(15)24-4)9-17-16-10-14(21)5-6-18(16)22-20(17)23/h5-11H,1-4H3,(H,22,23)/b17-9+. The second-order valence-electron chi connectivity index (χ2n) is 6.31. The first-order chi connectivity index (χ1) is 11.4. The highest BCUT2D eigenvalue weighted by Crippen LogP contribution is 2.37. The van der Waals surface area contributed by atoms with Crippen LogP contribution in [0.1, 0.15) is 42.0 Å². The lowest BCUT2D eigenvalue weighted by molar-refractivity contribution is -0.110. The van der Waals surface area contributed by atoms with Gasteiger partial charge >= 0.3 is 0 Å². The molecule has 0 aromatic heterocycles. The van der Waals surface area contributed by atoms with E-state index in [4.69, 9.17) is 4.74 Å². The van der Waals surface area contributed by atoms with Crippen molar-refractivity contribution in [2.45, 2.75) is 26.7 Å². The molecule has 2 aromatic rings. The van der Waals surface area contributed by atoms with Gasteiger partial charge in [0.25, 0.3) is 5.91 Å². The van der Waals surface area contributed by atoms with Crippen molar-refractivity contribution in [2.75, 3.05) is 12.4 Å². The number of carbonyl (C=O) groups excluding carboxylic acids is 1. The van der Waals surface area contributed by atoms with Crippen molar-refractivity contribution in [3.63, 3.8) is 0 Å². The number of aryl methyl sites for hydroxylation is 1. The largest absolute Gasteiger partial charge is 0.496 e. The van der Waals surface area contributed by atoms with Crippen molar-refractivity contribution in [2.24, 2.45) is 0 Å². The Morgan fingerprint density at radius 1 is 1.21 bits per heavy atom. The lowest BCUT2D eigenvalue weighted by Gasteiger charge is -2.15. The number of fused-ring (bicyclic) bond motifs is 1. The molecule has 3 rings (SSSR count). The highest BCUT2D eigenvalue weighted by atomic mass is 79.9. The number of rotatable bonds is 3. The van der Waals surface area contributed by atoms with Crippen LogP contribution in [0.4, 0.5) is 5.69 Å². The third kappa shape index (κ3) is 2.98. The number of halogens is 1. The van der Waals surface area contributed by atoms with Gasteiger partial charge in [-0.25, -0.2) is 0 Å². The monoisotopic (exact) mass is 385 g/mol. The molecule has 1 aliphatic heterocycles. The first kappa shape index (κ1) is 16.8. The molecule has 24 heavy (non-hydrogen) atoms. The summed E-state index contributed by atoms with van der Waals surface area (Å²) in [5, 5.41) is 2.92. The van der Waals surface area contributed by atoms with Gasteiger partial charge in [-0.15, -0.1) is 0 Å². The Hall–Kier alpha value is -2.07. The van der Waals surface area contributed by atoms with Crippen LogP contribution in [0.25, 0.3) is 11.6 Å². The van der Waals surface area contributed by atoms with Crippen molar-refractivity contribution < 1.29 is 9.53 Å². The van der Waals surface area contributed by atoms with Crippen LogP contribution in [0.5, 0.6) is 5.75 Å². The minimum absolute atomic E-state index is 0.0654. The predicted octanol–water partition coefficient (Wildman–Crippen LogP) is 5.38. The van der Waals surface area contributed by atoms with E-state index in [1.54, 1.807) is 7.11 Å². The predicted molar refractivity (Wildman–Crippen MR) is 102 cm³/mol. The van der Waals surface area contributed by atoms with E-state index in [9.17, 15) is 4.79 Å². The molecule has 0 saturated heterocycles. The number of benzene rings is 2. The molecule has 1 heterocycles. The van der Waals surface area contributed by atoms with E-state index in [1.165, 1.54) is 0 Å². The zero-order valence-electron chi connectivity index (χ0n) is 14.2. The third-order valence-electron chi connectivity index (χ3n) is 4.30. The Morgan fingerprint density at radius 3 is 2.62 bits per heavy atom. The zero-order chi connectivity index (χ0) is 17.4. The summed E-state index contributed by atoms with van der Waals surface area (Å²) in [5.74, 6) is 1.17. The minimum Gasteiger partial charge on any atom is -0.496 e. The third-order valence-corrected chi connectivity index (χ3v) is 4.80. The van der Waals surface area contributed by atoms with Gasteiger partial charge in [0.15, 0.2) is 0 Å². The van der Waals surface area contributed by atoms with E-state index in [1.807, 2.05) is 37.3 Å². The van der Waals surface area contributed by atoms with Crippen molar-refractivity contribution in [1.82, 2.24) is 0 Å². The summed E-state index contributed by atoms with van der Waals surface area (Å²) in [6.45, 7) is 6.31. The van der Waals surface area contributed by atoms with E-state index >= 15 is 0 Å².